The van der Waals surface area contributed by atoms with Crippen LogP contribution in [0.2, 0.25) is 0 Å². The van der Waals surface area contributed by atoms with Crippen LogP contribution in [0.3, 0.4) is 0 Å². The number of benzene rings is 2. The van der Waals surface area contributed by atoms with Gasteiger partial charge in [-0.25, -0.2) is 9.78 Å². The predicted molar refractivity (Wildman–Crippen MR) is 123 cm³/mol. The van der Waals surface area contributed by atoms with Gasteiger partial charge in [0.1, 0.15) is 0 Å². The summed E-state index contributed by atoms with van der Waals surface area (Å²) in [4.78, 5) is 31.0. The molecule has 1 saturated carbocycles. The molecule has 2 aromatic carbocycles. The van der Waals surface area contributed by atoms with E-state index in [1.54, 1.807) is 5.38 Å². The first kappa shape index (κ1) is 21.2. The molecule has 2 unspecified atom stereocenters. The van der Waals surface area contributed by atoms with Crippen molar-refractivity contribution in [1.82, 2.24) is 4.98 Å². The molecule has 2 atom stereocenters. The van der Waals surface area contributed by atoms with E-state index in [0.29, 0.717) is 11.6 Å². The molecule has 0 radical (unpaired) electrons. The fourth-order valence-corrected chi connectivity index (χ4v) is 5.24. The number of esters is 1. The van der Waals surface area contributed by atoms with E-state index >= 15 is 0 Å². The second kappa shape index (κ2) is 9.43. The summed E-state index contributed by atoms with van der Waals surface area (Å²) in [7, 11) is 1.34. The molecule has 1 amide bonds. The smallest absolute Gasteiger partial charge is 0.357 e. The second-order valence-corrected chi connectivity index (χ2v) is 8.55. The van der Waals surface area contributed by atoms with Gasteiger partial charge in [-0.1, -0.05) is 67.9 Å². The van der Waals surface area contributed by atoms with Crippen LogP contribution in [0, 0.1) is 0 Å². The van der Waals surface area contributed by atoms with E-state index in [1.165, 1.54) is 35.1 Å². The summed E-state index contributed by atoms with van der Waals surface area (Å²) in [6.07, 6.45) is 3.39. The average Bonchev–Trinajstić information content (AvgIpc) is 3.50. The third kappa shape index (κ3) is 4.39. The fourth-order valence-electron chi connectivity index (χ4n) is 4.37. The van der Waals surface area contributed by atoms with E-state index in [1.807, 2.05) is 30.0 Å². The number of carbonyl (C=O) groups is 2. The highest BCUT2D eigenvalue weighted by Gasteiger charge is 2.37. The Morgan fingerprint density at radius 2 is 1.77 bits per heavy atom. The first-order valence-electron chi connectivity index (χ1n) is 10.6. The topological polar surface area (TPSA) is 59.5 Å². The number of nitrogens with zero attached hydrogens (tertiary/aromatic N) is 2. The number of thiazole rings is 1. The minimum atomic E-state index is -0.481. The van der Waals surface area contributed by atoms with E-state index < -0.39 is 5.97 Å². The monoisotopic (exact) mass is 434 g/mol. The molecule has 0 N–H and O–H groups in total. The third-order valence-corrected chi connectivity index (χ3v) is 6.76. The zero-order chi connectivity index (χ0) is 21.8. The summed E-state index contributed by atoms with van der Waals surface area (Å²) in [6.45, 7) is 1.86. The van der Waals surface area contributed by atoms with E-state index in [2.05, 4.69) is 41.4 Å². The number of carbonyl (C=O) groups excluding carboxylic acids is 2. The molecule has 31 heavy (non-hydrogen) atoms. The van der Waals surface area contributed by atoms with Gasteiger partial charge in [0.25, 0.3) is 0 Å². The maximum absolute atomic E-state index is 12.9. The zero-order valence-corrected chi connectivity index (χ0v) is 18.6. The van der Waals surface area contributed by atoms with Gasteiger partial charge in [-0.3, -0.25) is 9.69 Å². The van der Waals surface area contributed by atoms with Crippen molar-refractivity contribution in [3.8, 4) is 11.1 Å². The molecule has 0 saturated heterocycles. The SMILES string of the molecule is CCC(=O)N(c1nc(C(=O)OC)cs1)C1CCCC1c1ccc(-c2ccccc2)cc1. The Balaban J connectivity index is 1.62. The molecule has 3 aromatic rings. The molecule has 1 heterocycles. The van der Waals surface area contributed by atoms with Gasteiger partial charge >= 0.3 is 5.97 Å². The predicted octanol–water partition coefficient (Wildman–Crippen LogP) is 5.68. The molecule has 0 spiro atoms. The molecular weight excluding hydrogens is 408 g/mol. The van der Waals surface area contributed by atoms with E-state index in [-0.39, 0.29) is 23.6 Å². The van der Waals surface area contributed by atoms with Crippen LogP contribution in [-0.4, -0.2) is 30.0 Å². The van der Waals surface area contributed by atoms with Gasteiger partial charge in [0.2, 0.25) is 5.91 Å². The van der Waals surface area contributed by atoms with Crippen molar-refractivity contribution >= 4 is 28.3 Å². The number of ether oxygens (including phenoxy) is 1. The molecule has 5 nitrogen and oxygen atoms in total. The number of hydrogen-bond donors (Lipinski definition) is 0. The van der Waals surface area contributed by atoms with Crippen molar-refractivity contribution in [2.45, 2.75) is 44.6 Å². The Morgan fingerprint density at radius 1 is 1.06 bits per heavy atom. The van der Waals surface area contributed by atoms with Gasteiger partial charge in [-0.05, 0) is 29.5 Å². The van der Waals surface area contributed by atoms with Crippen molar-refractivity contribution < 1.29 is 14.3 Å². The van der Waals surface area contributed by atoms with Crippen LogP contribution >= 0.6 is 11.3 Å². The van der Waals surface area contributed by atoms with Crippen LogP contribution in [-0.2, 0) is 9.53 Å². The molecule has 1 aromatic heterocycles. The van der Waals surface area contributed by atoms with Crippen molar-refractivity contribution in [2.75, 3.05) is 12.0 Å². The Bertz CT molecular complexity index is 1050. The maximum atomic E-state index is 12.9. The highest BCUT2D eigenvalue weighted by Crippen LogP contribution is 2.41. The third-order valence-electron chi connectivity index (χ3n) is 5.92. The summed E-state index contributed by atoms with van der Waals surface area (Å²) < 4.78 is 4.78. The lowest BCUT2D eigenvalue weighted by molar-refractivity contribution is -0.118. The molecule has 160 valence electrons. The van der Waals surface area contributed by atoms with Gasteiger partial charge in [-0.15, -0.1) is 11.3 Å². The van der Waals surface area contributed by atoms with Crippen LogP contribution in [0.15, 0.2) is 60.0 Å². The van der Waals surface area contributed by atoms with Crippen LogP contribution < -0.4 is 4.90 Å². The first-order valence-corrected chi connectivity index (χ1v) is 11.5. The van der Waals surface area contributed by atoms with E-state index in [9.17, 15) is 9.59 Å². The van der Waals surface area contributed by atoms with Crippen LogP contribution in [0.1, 0.15) is 54.6 Å². The molecule has 1 aliphatic rings. The highest BCUT2D eigenvalue weighted by molar-refractivity contribution is 7.14. The van der Waals surface area contributed by atoms with Crippen molar-refractivity contribution in [2.24, 2.45) is 0 Å². The number of aromatic nitrogens is 1. The second-order valence-electron chi connectivity index (χ2n) is 7.72. The molecule has 4 rings (SSSR count). The summed E-state index contributed by atoms with van der Waals surface area (Å²) >= 11 is 1.32. The minimum Gasteiger partial charge on any atom is -0.464 e. The summed E-state index contributed by atoms with van der Waals surface area (Å²) in [6, 6.07) is 19.0. The molecule has 0 bridgehead atoms. The van der Waals surface area contributed by atoms with Crippen molar-refractivity contribution in [3.63, 3.8) is 0 Å². The highest BCUT2D eigenvalue weighted by atomic mass is 32.1. The number of amides is 1. The Labute approximate surface area is 186 Å². The molecular formula is C25H26N2O3S. The lowest BCUT2D eigenvalue weighted by Gasteiger charge is -2.31. The Morgan fingerprint density at radius 3 is 2.45 bits per heavy atom. The van der Waals surface area contributed by atoms with Gasteiger partial charge < -0.3 is 4.74 Å². The number of rotatable bonds is 6. The van der Waals surface area contributed by atoms with Crippen LogP contribution in [0.5, 0.6) is 0 Å². The lowest BCUT2D eigenvalue weighted by Crippen LogP contribution is -2.41. The summed E-state index contributed by atoms with van der Waals surface area (Å²) in [5.74, 6) is -0.208. The minimum absolute atomic E-state index is 0.0311. The van der Waals surface area contributed by atoms with Crippen LogP contribution in [0.4, 0.5) is 5.13 Å². The maximum Gasteiger partial charge on any atom is 0.357 e. The Hall–Kier alpha value is -2.99. The standard InChI is InChI=1S/C25H26N2O3S/c1-3-23(28)27(25-26-21(16-31-25)24(29)30-2)22-11-7-10-20(22)19-14-12-18(13-15-19)17-8-5-4-6-9-17/h4-6,8-9,12-16,20,22H,3,7,10-11H2,1-2H3. The summed E-state index contributed by atoms with van der Waals surface area (Å²) in [5, 5.41) is 2.24. The van der Waals surface area contributed by atoms with Gasteiger partial charge in [-0.2, -0.15) is 0 Å². The fraction of sp³-hybridized carbons (Fsp3) is 0.320. The Kier molecular flexibility index (Phi) is 6.47. The number of hydrogen-bond acceptors (Lipinski definition) is 5. The average molecular weight is 435 g/mol. The van der Waals surface area contributed by atoms with Gasteiger partial charge in [0, 0.05) is 23.8 Å². The number of anilines is 1. The number of methoxy groups -OCH3 is 1. The quantitative estimate of drug-likeness (QED) is 0.469. The molecule has 1 fully saturated rings. The van der Waals surface area contributed by atoms with Gasteiger partial charge in [0.15, 0.2) is 10.8 Å². The van der Waals surface area contributed by atoms with E-state index in [4.69, 9.17) is 4.74 Å². The molecule has 6 heteroatoms. The zero-order valence-electron chi connectivity index (χ0n) is 17.8. The summed E-state index contributed by atoms with van der Waals surface area (Å²) in [5.41, 5.74) is 3.86. The largest absolute Gasteiger partial charge is 0.464 e. The lowest BCUT2D eigenvalue weighted by atomic mass is 9.91. The van der Waals surface area contributed by atoms with Crippen molar-refractivity contribution in [3.05, 3.63) is 71.2 Å². The van der Waals surface area contributed by atoms with E-state index in [0.717, 1.165) is 19.3 Å². The molecule has 0 aliphatic heterocycles. The van der Waals surface area contributed by atoms with Crippen LogP contribution in [0.25, 0.3) is 11.1 Å². The van der Waals surface area contributed by atoms with Gasteiger partial charge in [0.05, 0.1) is 7.11 Å². The molecule has 1 aliphatic carbocycles. The van der Waals surface area contributed by atoms with Crippen molar-refractivity contribution in [1.29, 1.82) is 0 Å². The first-order chi connectivity index (χ1) is 15.1. The normalized spacial score (nSPS) is 18.0.